The lowest BCUT2D eigenvalue weighted by Crippen LogP contribution is -2.35. The van der Waals surface area contributed by atoms with Gasteiger partial charge in [-0.2, -0.15) is 0 Å². The van der Waals surface area contributed by atoms with E-state index in [9.17, 15) is 19.2 Å². The van der Waals surface area contributed by atoms with Crippen molar-refractivity contribution in [3.8, 4) is 0 Å². The summed E-state index contributed by atoms with van der Waals surface area (Å²) in [6.07, 6.45) is 2.98. The minimum absolute atomic E-state index is 0.0212. The fourth-order valence-corrected chi connectivity index (χ4v) is 3.76. The van der Waals surface area contributed by atoms with Gasteiger partial charge in [0.1, 0.15) is 13.1 Å². The van der Waals surface area contributed by atoms with Gasteiger partial charge in [0, 0.05) is 22.7 Å². The Balaban J connectivity index is 1.89. The predicted octanol–water partition coefficient (Wildman–Crippen LogP) is 2.80. The Morgan fingerprint density at radius 3 is 2.55 bits per heavy atom. The number of carbonyl (C=O) groups is 4. The third-order valence-electron chi connectivity index (χ3n) is 4.16. The summed E-state index contributed by atoms with van der Waals surface area (Å²) in [5.74, 6) is -1.59. The molecule has 29 heavy (non-hydrogen) atoms. The maximum Gasteiger partial charge on any atom is 0.326 e. The number of imide groups is 1. The molecule has 0 unspecified atom stereocenters. The number of esters is 2. The highest BCUT2D eigenvalue weighted by atomic mass is 32.2. The van der Waals surface area contributed by atoms with Gasteiger partial charge in [0.15, 0.2) is 0 Å². The molecule has 1 aromatic carbocycles. The maximum atomic E-state index is 12.6. The molecule has 2 heterocycles. The lowest BCUT2D eigenvalue weighted by molar-refractivity contribution is -0.149. The van der Waals surface area contributed by atoms with Gasteiger partial charge in [-0.25, -0.2) is 0 Å². The second-order valence-electron chi connectivity index (χ2n) is 6.61. The van der Waals surface area contributed by atoms with E-state index in [2.05, 4.69) is 0 Å². The van der Waals surface area contributed by atoms with E-state index in [0.717, 1.165) is 27.6 Å². The van der Waals surface area contributed by atoms with E-state index < -0.39 is 29.6 Å². The quantitative estimate of drug-likeness (QED) is 0.528. The lowest BCUT2D eigenvalue weighted by atomic mass is 10.1. The first kappa shape index (κ1) is 20.7. The summed E-state index contributed by atoms with van der Waals surface area (Å²) in [5, 5.41) is 0.294. The highest BCUT2D eigenvalue weighted by Crippen LogP contribution is 2.34. The Bertz CT molecular complexity index is 1020. The molecule has 2 amide bonds. The molecule has 0 saturated carbocycles. The van der Waals surface area contributed by atoms with Crippen molar-refractivity contribution in [1.82, 2.24) is 9.47 Å². The van der Waals surface area contributed by atoms with Crippen molar-refractivity contribution in [2.24, 2.45) is 0 Å². The van der Waals surface area contributed by atoms with Gasteiger partial charge in [-0.05, 0) is 37.8 Å². The third-order valence-corrected chi connectivity index (χ3v) is 5.07. The van der Waals surface area contributed by atoms with Crippen LogP contribution in [0.15, 0.2) is 35.4 Å². The first-order chi connectivity index (χ1) is 13.8. The molecule has 1 aliphatic heterocycles. The number of fused-ring (bicyclic) bond motifs is 1. The van der Waals surface area contributed by atoms with Crippen molar-refractivity contribution in [2.45, 2.75) is 26.5 Å². The fraction of sp³-hybridized carbons (Fsp3) is 0.300. The molecule has 9 heteroatoms. The summed E-state index contributed by atoms with van der Waals surface area (Å²) in [6.45, 7) is 2.98. The number of hydrogen-bond acceptors (Lipinski definition) is 7. The number of ether oxygens (including phenoxy) is 2. The fourth-order valence-electron chi connectivity index (χ4n) is 2.93. The molecule has 0 N–H and O–H groups in total. The molecule has 0 aliphatic carbocycles. The van der Waals surface area contributed by atoms with Crippen molar-refractivity contribution in [3.63, 3.8) is 0 Å². The smallest absolute Gasteiger partial charge is 0.326 e. The number of carbonyl (C=O) groups excluding carboxylic acids is 4. The third kappa shape index (κ3) is 4.51. The molecule has 1 fully saturated rings. The normalized spacial score (nSPS) is 15.6. The average Bonchev–Trinajstić information content (AvgIpc) is 3.14. The van der Waals surface area contributed by atoms with Gasteiger partial charge in [0.2, 0.25) is 0 Å². The molecule has 3 rings (SSSR count). The van der Waals surface area contributed by atoms with Gasteiger partial charge >= 0.3 is 11.9 Å². The lowest BCUT2D eigenvalue weighted by Gasteiger charge is -2.13. The topological polar surface area (TPSA) is 94.9 Å². The monoisotopic (exact) mass is 416 g/mol. The zero-order valence-corrected chi connectivity index (χ0v) is 17.0. The van der Waals surface area contributed by atoms with Gasteiger partial charge < -0.3 is 14.0 Å². The minimum atomic E-state index is -0.641. The first-order valence-electron chi connectivity index (χ1n) is 8.89. The van der Waals surface area contributed by atoms with Crippen LogP contribution in [0.4, 0.5) is 4.79 Å². The molecule has 2 aromatic rings. The van der Waals surface area contributed by atoms with E-state index >= 15 is 0 Å². The molecule has 1 aliphatic rings. The van der Waals surface area contributed by atoms with Crippen LogP contribution >= 0.6 is 11.8 Å². The second kappa shape index (κ2) is 8.52. The van der Waals surface area contributed by atoms with Gasteiger partial charge in [-0.15, -0.1) is 0 Å². The van der Waals surface area contributed by atoms with E-state index in [1.807, 2.05) is 24.3 Å². The van der Waals surface area contributed by atoms with E-state index in [1.165, 1.54) is 7.11 Å². The summed E-state index contributed by atoms with van der Waals surface area (Å²) in [4.78, 5) is 49.4. The zero-order chi connectivity index (χ0) is 21.1. The maximum absolute atomic E-state index is 12.6. The molecule has 1 saturated heterocycles. The van der Waals surface area contributed by atoms with E-state index in [0.29, 0.717) is 5.56 Å². The van der Waals surface area contributed by atoms with E-state index in [-0.39, 0.29) is 17.6 Å². The SMILES string of the molecule is COC(=O)Cn1cc(/C=C2/SC(=O)N(CC(=O)OC(C)C)C2=O)c2ccccc21. The molecule has 0 spiro atoms. The number of methoxy groups -OCH3 is 1. The van der Waals surface area contributed by atoms with Crippen LogP contribution in [0.1, 0.15) is 19.4 Å². The van der Waals surface area contributed by atoms with E-state index in [1.54, 1.807) is 30.7 Å². The largest absolute Gasteiger partial charge is 0.468 e. The number of benzene rings is 1. The molecule has 152 valence electrons. The predicted molar refractivity (Wildman–Crippen MR) is 108 cm³/mol. The van der Waals surface area contributed by atoms with Crippen molar-refractivity contribution >= 4 is 51.8 Å². The standard InChI is InChI=1S/C20H20N2O6S/c1-12(2)28-18(24)11-22-19(25)16(29-20(22)26)8-13-9-21(10-17(23)27-3)15-7-5-4-6-14(13)15/h4-9,12H,10-11H2,1-3H3/b16-8+. The number of para-hydroxylation sites is 1. The van der Waals surface area contributed by atoms with E-state index in [4.69, 9.17) is 9.47 Å². The van der Waals surface area contributed by atoms with Gasteiger partial charge in [-0.3, -0.25) is 24.1 Å². The minimum Gasteiger partial charge on any atom is -0.468 e. The highest BCUT2D eigenvalue weighted by Gasteiger charge is 2.37. The Hall–Kier alpha value is -3.07. The van der Waals surface area contributed by atoms with Crippen molar-refractivity contribution in [3.05, 3.63) is 40.9 Å². The molecule has 8 nitrogen and oxygen atoms in total. The number of amides is 2. The van der Waals surface area contributed by atoms with Crippen LogP contribution in [0.25, 0.3) is 17.0 Å². The molecule has 1 aromatic heterocycles. The Labute approximate surface area is 171 Å². The van der Waals surface area contributed by atoms with Crippen molar-refractivity contribution in [2.75, 3.05) is 13.7 Å². The zero-order valence-electron chi connectivity index (χ0n) is 16.2. The second-order valence-corrected chi connectivity index (χ2v) is 7.61. The summed E-state index contributed by atoms with van der Waals surface area (Å²) in [5.41, 5.74) is 1.48. The van der Waals surface area contributed by atoms with Gasteiger partial charge in [0.25, 0.3) is 11.1 Å². The number of aromatic nitrogens is 1. The van der Waals surface area contributed by atoms with Crippen LogP contribution in [0, 0.1) is 0 Å². The Morgan fingerprint density at radius 2 is 1.86 bits per heavy atom. The van der Waals surface area contributed by atoms with Crippen molar-refractivity contribution < 1.29 is 28.7 Å². The van der Waals surface area contributed by atoms with Crippen LogP contribution < -0.4 is 0 Å². The van der Waals surface area contributed by atoms with Crippen LogP contribution in [0.3, 0.4) is 0 Å². The molecular weight excluding hydrogens is 396 g/mol. The number of rotatable bonds is 6. The van der Waals surface area contributed by atoms with Crippen LogP contribution in [-0.2, 0) is 30.4 Å². The van der Waals surface area contributed by atoms with Gasteiger partial charge in [-0.1, -0.05) is 18.2 Å². The summed E-state index contributed by atoms with van der Waals surface area (Å²) < 4.78 is 11.5. The summed E-state index contributed by atoms with van der Waals surface area (Å²) in [7, 11) is 1.31. The number of nitrogens with zero attached hydrogens (tertiary/aromatic N) is 2. The molecule has 0 atom stereocenters. The van der Waals surface area contributed by atoms with Gasteiger partial charge in [0.05, 0.1) is 18.1 Å². The Kier molecular flexibility index (Phi) is 6.07. The van der Waals surface area contributed by atoms with Crippen molar-refractivity contribution in [1.29, 1.82) is 0 Å². The summed E-state index contributed by atoms with van der Waals surface area (Å²) >= 11 is 0.764. The number of thioether (sulfide) groups is 1. The first-order valence-corrected chi connectivity index (χ1v) is 9.71. The average molecular weight is 416 g/mol. The van der Waals surface area contributed by atoms with Crippen LogP contribution in [0.2, 0.25) is 0 Å². The Morgan fingerprint density at radius 1 is 1.14 bits per heavy atom. The summed E-state index contributed by atoms with van der Waals surface area (Å²) in [6, 6.07) is 7.40. The van der Waals surface area contributed by atoms with Crippen LogP contribution in [0.5, 0.6) is 0 Å². The molecule has 0 radical (unpaired) electrons. The molecule has 0 bridgehead atoms. The number of hydrogen-bond donors (Lipinski definition) is 0. The highest BCUT2D eigenvalue weighted by molar-refractivity contribution is 8.18. The molecular formula is C20H20N2O6S. The van der Waals surface area contributed by atoms with Crippen LogP contribution in [-0.4, -0.2) is 52.3 Å².